The largest absolute Gasteiger partial charge is 0.462 e. The van der Waals surface area contributed by atoms with E-state index in [-0.39, 0.29) is 5.97 Å². The van der Waals surface area contributed by atoms with E-state index in [1.54, 1.807) is 13.0 Å². The maximum atomic E-state index is 11.7. The van der Waals surface area contributed by atoms with E-state index in [4.69, 9.17) is 10.5 Å². The van der Waals surface area contributed by atoms with Gasteiger partial charge in [0.1, 0.15) is 0 Å². The van der Waals surface area contributed by atoms with Crippen LogP contribution in [-0.4, -0.2) is 19.1 Å². The highest BCUT2D eigenvalue weighted by Crippen LogP contribution is 2.51. The van der Waals surface area contributed by atoms with Crippen molar-refractivity contribution in [3.63, 3.8) is 0 Å². The lowest BCUT2D eigenvalue weighted by atomic mass is 10.1. The van der Waals surface area contributed by atoms with Crippen LogP contribution in [0.4, 0.5) is 11.4 Å². The van der Waals surface area contributed by atoms with Crippen molar-refractivity contribution >= 4 is 17.3 Å². The fourth-order valence-corrected chi connectivity index (χ4v) is 2.26. The second kappa shape index (κ2) is 5.11. The van der Waals surface area contributed by atoms with Crippen molar-refractivity contribution in [2.45, 2.75) is 27.2 Å². The summed E-state index contributed by atoms with van der Waals surface area (Å²) in [5, 5.41) is 3.34. The second-order valence-corrected chi connectivity index (χ2v) is 5.76. The third kappa shape index (κ3) is 3.00. The molecule has 1 aromatic carbocycles. The molecule has 0 spiro atoms. The lowest BCUT2D eigenvalue weighted by molar-refractivity contribution is 0.0527. The molecule has 1 aromatic rings. The van der Waals surface area contributed by atoms with Gasteiger partial charge in [-0.1, -0.05) is 19.9 Å². The summed E-state index contributed by atoms with van der Waals surface area (Å²) in [6.07, 6.45) is 1.23. The first-order valence-corrected chi connectivity index (χ1v) is 6.75. The molecule has 0 amide bonds. The fourth-order valence-electron chi connectivity index (χ4n) is 2.26. The van der Waals surface area contributed by atoms with E-state index < -0.39 is 0 Å². The van der Waals surface area contributed by atoms with Gasteiger partial charge in [-0.3, -0.25) is 0 Å². The molecule has 0 aromatic heterocycles. The van der Waals surface area contributed by atoms with Crippen molar-refractivity contribution in [1.82, 2.24) is 0 Å². The molecule has 1 unspecified atom stereocenters. The minimum atomic E-state index is -0.365. The predicted molar refractivity (Wildman–Crippen MR) is 77.2 cm³/mol. The Morgan fingerprint density at radius 3 is 2.79 bits per heavy atom. The van der Waals surface area contributed by atoms with E-state index in [2.05, 4.69) is 19.2 Å². The van der Waals surface area contributed by atoms with Gasteiger partial charge in [0.05, 0.1) is 23.5 Å². The Morgan fingerprint density at radius 1 is 1.53 bits per heavy atom. The molecule has 1 aliphatic carbocycles. The van der Waals surface area contributed by atoms with Gasteiger partial charge in [0, 0.05) is 6.54 Å². The van der Waals surface area contributed by atoms with Crippen LogP contribution in [0.15, 0.2) is 18.2 Å². The Labute approximate surface area is 114 Å². The summed E-state index contributed by atoms with van der Waals surface area (Å²) >= 11 is 0. The first-order valence-electron chi connectivity index (χ1n) is 6.75. The summed E-state index contributed by atoms with van der Waals surface area (Å²) in [6, 6.07) is 5.41. The smallest absolute Gasteiger partial charge is 0.340 e. The number of para-hydroxylation sites is 1. The highest BCUT2D eigenvalue weighted by atomic mass is 16.5. The van der Waals surface area contributed by atoms with Gasteiger partial charge in [0.15, 0.2) is 0 Å². The number of nitrogen functional groups attached to an aromatic ring is 1. The molecule has 0 bridgehead atoms. The maximum absolute atomic E-state index is 11.7. The van der Waals surface area contributed by atoms with Crippen LogP contribution in [0.3, 0.4) is 0 Å². The summed E-state index contributed by atoms with van der Waals surface area (Å²) in [5.41, 5.74) is 8.17. The first-order chi connectivity index (χ1) is 8.95. The van der Waals surface area contributed by atoms with Gasteiger partial charge in [-0.2, -0.15) is 0 Å². The molecule has 4 nitrogen and oxygen atoms in total. The van der Waals surface area contributed by atoms with Crippen LogP contribution >= 0.6 is 0 Å². The van der Waals surface area contributed by atoms with Crippen molar-refractivity contribution in [3.8, 4) is 0 Å². The number of rotatable bonds is 5. The average Bonchev–Trinajstić information content (AvgIpc) is 2.96. The van der Waals surface area contributed by atoms with Crippen molar-refractivity contribution in [3.05, 3.63) is 23.8 Å². The van der Waals surface area contributed by atoms with Gasteiger partial charge >= 0.3 is 5.97 Å². The van der Waals surface area contributed by atoms with E-state index in [0.29, 0.717) is 29.2 Å². The van der Waals surface area contributed by atoms with Gasteiger partial charge in [-0.25, -0.2) is 4.79 Å². The minimum Gasteiger partial charge on any atom is -0.462 e. The lowest BCUT2D eigenvalue weighted by Gasteiger charge is -2.13. The van der Waals surface area contributed by atoms with Crippen molar-refractivity contribution < 1.29 is 9.53 Å². The molecule has 1 saturated carbocycles. The zero-order valence-electron chi connectivity index (χ0n) is 11.8. The SMILES string of the molecule is CCOC(=O)c1cccc(NCC2CC2(C)C)c1N. The fraction of sp³-hybridized carbons (Fsp3) is 0.533. The van der Waals surface area contributed by atoms with E-state index in [1.165, 1.54) is 6.42 Å². The third-order valence-electron chi connectivity index (χ3n) is 3.86. The molecule has 0 aliphatic heterocycles. The van der Waals surface area contributed by atoms with Crippen LogP contribution in [0, 0.1) is 11.3 Å². The number of nitrogens with one attached hydrogen (secondary N) is 1. The molecule has 0 radical (unpaired) electrons. The van der Waals surface area contributed by atoms with Gasteiger partial charge < -0.3 is 15.8 Å². The normalized spacial score (nSPS) is 19.8. The number of hydrogen-bond acceptors (Lipinski definition) is 4. The summed E-state index contributed by atoms with van der Waals surface area (Å²) < 4.78 is 4.99. The van der Waals surface area contributed by atoms with Gasteiger partial charge in [-0.15, -0.1) is 0 Å². The molecule has 2 rings (SSSR count). The molecule has 3 N–H and O–H groups in total. The Kier molecular flexibility index (Phi) is 3.69. The van der Waals surface area contributed by atoms with Crippen LogP contribution in [0.1, 0.15) is 37.6 Å². The van der Waals surface area contributed by atoms with E-state index >= 15 is 0 Å². The van der Waals surface area contributed by atoms with Crippen LogP contribution in [0.2, 0.25) is 0 Å². The van der Waals surface area contributed by atoms with Crippen molar-refractivity contribution in [2.75, 3.05) is 24.2 Å². The van der Waals surface area contributed by atoms with Gasteiger partial charge in [0.25, 0.3) is 0 Å². The molecule has 1 atom stereocenters. The maximum Gasteiger partial charge on any atom is 0.340 e. The zero-order valence-corrected chi connectivity index (χ0v) is 11.8. The van der Waals surface area contributed by atoms with Crippen molar-refractivity contribution in [1.29, 1.82) is 0 Å². The molecule has 19 heavy (non-hydrogen) atoms. The summed E-state index contributed by atoms with van der Waals surface area (Å²) in [7, 11) is 0. The number of anilines is 2. The molecular weight excluding hydrogens is 240 g/mol. The van der Waals surface area contributed by atoms with Crippen LogP contribution in [-0.2, 0) is 4.74 Å². The predicted octanol–water partition coefficient (Wildman–Crippen LogP) is 2.90. The quantitative estimate of drug-likeness (QED) is 0.632. The number of ether oxygens (including phenoxy) is 1. The summed E-state index contributed by atoms with van der Waals surface area (Å²) in [6.45, 7) is 7.55. The van der Waals surface area contributed by atoms with Crippen molar-refractivity contribution in [2.24, 2.45) is 11.3 Å². The number of esters is 1. The Bertz CT molecular complexity index is 483. The molecule has 4 heteroatoms. The lowest BCUT2D eigenvalue weighted by Crippen LogP contribution is -2.12. The second-order valence-electron chi connectivity index (χ2n) is 5.76. The third-order valence-corrected chi connectivity index (χ3v) is 3.86. The van der Waals surface area contributed by atoms with Gasteiger partial charge in [-0.05, 0) is 36.8 Å². The molecule has 104 valence electrons. The Hall–Kier alpha value is -1.71. The summed E-state index contributed by atoms with van der Waals surface area (Å²) in [5.74, 6) is 0.313. The number of nitrogens with two attached hydrogens (primary N) is 1. The topological polar surface area (TPSA) is 64.3 Å². The van der Waals surface area contributed by atoms with Gasteiger partial charge in [0.2, 0.25) is 0 Å². The van der Waals surface area contributed by atoms with Crippen LogP contribution in [0.25, 0.3) is 0 Å². The number of carbonyl (C=O) groups is 1. The molecule has 0 heterocycles. The summed E-state index contributed by atoms with van der Waals surface area (Å²) in [4.78, 5) is 11.7. The monoisotopic (exact) mass is 262 g/mol. The molecule has 0 saturated heterocycles. The minimum absolute atomic E-state index is 0.353. The molecule has 1 aliphatic rings. The van der Waals surface area contributed by atoms with Crippen LogP contribution < -0.4 is 11.1 Å². The first kappa shape index (κ1) is 13.7. The number of carbonyl (C=O) groups excluding carboxylic acids is 1. The molecular formula is C15H22N2O2. The zero-order chi connectivity index (χ0) is 14.0. The number of hydrogen-bond donors (Lipinski definition) is 2. The van der Waals surface area contributed by atoms with E-state index in [9.17, 15) is 4.79 Å². The average molecular weight is 262 g/mol. The highest BCUT2D eigenvalue weighted by Gasteiger charge is 2.44. The Balaban J connectivity index is 2.05. The molecule has 1 fully saturated rings. The van der Waals surface area contributed by atoms with E-state index in [1.807, 2.05) is 12.1 Å². The number of benzene rings is 1. The van der Waals surface area contributed by atoms with E-state index in [0.717, 1.165) is 12.2 Å². The Morgan fingerprint density at radius 2 is 2.21 bits per heavy atom. The highest BCUT2D eigenvalue weighted by molar-refractivity contribution is 5.98. The van der Waals surface area contributed by atoms with Crippen LogP contribution in [0.5, 0.6) is 0 Å². The standard InChI is InChI=1S/C15H22N2O2/c1-4-19-14(18)11-6-5-7-12(13(11)16)17-9-10-8-15(10,2)3/h5-7,10,17H,4,8-9,16H2,1-3H3.